The second-order valence-corrected chi connectivity index (χ2v) is 8.49. The molecule has 0 spiro atoms. The lowest BCUT2D eigenvalue weighted by molar-refractivity contribution is -0.0685. The molecule has 1 aromatic rings. The summed E-state index contributed by atoms with van der Waals surface area (Å²) in [5.74, 6) is 5.14. The Labute approximate surface area is 180 Å². The summed E-state index contributed by atoms with van der Waals surface area (Å²) in [6.45, 7) is 10.2. The fourth-order valence-corrected chi connectivity index (χ4v) is 4.21. The summed E-state index contributed by atoms with van der Waals surface area (Å²) < 4.78 is 44.1. The number of nitrogens with one attached hydrogen (secondary N) is 2. The summed E-state index contributed by atoms with van der Waals surface area (Å²) in [5.41, 5.74) is 2.56. The number of amides is 4. The van der Waals surface area contributed by atoms with Crippen molar-refractivity contribution in [1.82, 2.24) is 20.1 Å². The number of rotatable bonds is 9. The fraction of sp³-hybridized carbons (Fsp3) is 0.529. The van der Waals surface area contributed by atoms with Crippen LogP contribution in [0.3, 0.4) is 0 Å². The SMILES string of the molecule is C=C(OCCON)c1c(C)oc(C)c1S(=O)(=O)NC(=O)N1NC(OC(C)C)N(C)C1=O. The third kappa shape index (κ3) is 5.34. The van der Waals surface area contributed by atoms with E-state index in [1.807, 2.05) is 4.72 Å². The number of hydrogen-bond acceptors (Lipinski definition) is 10. The standard InChI is InChI=1S/C17H27N5O8S/c1-9(2)29-16-19-22(17(24)21(16)6)15(23)20-31(25,26)14-12(5)30-11(4)13(14)10(3)27-7-8-28-18/h9,16,19H,3,7-8,18H2,1-2,4-6H3,(H,20,23). The van der Waals surface area contributed by atoms with Crippen LogP contribution in [0.4, 0.5) is 9.59 Å². The quantitative estimate of drug-likeness (QED) is 0.271. The highest BCUT2D eigenvalue weighted by Gasteiger charge is 2.41. The molecule has 2 heterocycles. The van der Waals surface area contributed by atoms with Crippen molar-refractivity contribution in [1.29, 1.82) is 0 Å². The molecule has 1 unspecified atom stereocenters. The summed E-state index contributed by atoms with van der Waals surface area (Å²) in [7, 11) is -3.08. The first-order valence-electron chi connectivity index (χ1n) is 9.19. The Balaban J connectivity index is 2.26. The van der Waals surface area contributed by atoms with Crippen LogP contribution in [0.1, 0.15) is 30.9 Å². The Morgan fingerprint density at radius 2 is 1.97 bits per heavy atom. The van der Waals surface area contributed by atoms with Gasteiger partial charge in [-0.25, -0.2) is 28.6 Å². The number of ether oxygens (including phenoxy) is 2. The first-order valence-corrected chi connectivity index (χ1v) is 10.7. The topological polar surface area (TPSA) is 166 Å². The van der Waals surface area contributed by atoms with Crippen molar-refractivity contribution in [2.24, 2.45) is 5.90 Å². The van der Waals surface area contributed by atoms with Gasteiger partial charge in [-0.3, -0.25) is 4.90 Å². The lowest BCUT2D eigenvalue weighted by Gasteiger charge is -2.20. The molecule has 1 fully saturated rings. The fourth-order valence-electron chi connectivity index (χ4n) is 2.84. The molecule has 174 valence electrons. The number of hydrazine groups is 1. The maximum atomic E-state index is 13.0. The van der Waals surface area contributed by atoms with Crippen molar-refractivity contribution < 1.29 is 36.7 Å². The van der Waals surface area contributed by atoms with Crippen molar-refractivity contribution in [3.05, 3.63) is 23.7 Å². The van der Waals surface area contributed by atoms with Crippen molar-refractivity contribution in [3.63, 3.8) is 0 Å². The third-order valence-electron chi connectivity index (χ3n) is 4.14. The number of hydrogen-bond donors (Lipinski definition) is 3. The van der Waals surface area contributed by atoms with Gasteiger partial charge in [0.15, 0.2) is 0 Å². The average molecular weight is 461 g/mol. The first kappa shape index (κ1) is 24.6. The molecular formula is C17H27N5O8S. The monoisotopic (exact) mass is 461 g/mol. The molecular weight excluding hydrogens is 434 g/mol. The Hall–Kier alpha value is -2.65. The zero-order chi connectivity index (χ0) is 23.5. The van der Waals surface area contributed by atoms with Crippen LogP contribution in [0.25, 0.3) is 5.76 Å². The van der Waals surface area contributed by atoms with E-state index in [0.29, 0.717) is 5.01 Å². The van der Waals surface area contributed by atoms with Gasteiger partial charge in [-0.2, -0.15) is 10.4 Å². The predicted molar refractivity (Wildman–Crippen MR) is 107 cm³/mol. The molecule has 0 bridgehead atoms. The molecule has 1 aromatic heterocycles. The van der Waals surface area contributed by atoms with Gasteiger partial charge in [-0.1, -0.05) is 6.58 Å². The van der Waals surface area contributed by atoms with Crippen molar-refractivity contribution in [2.75, 3.05) is 20.3 Å². The lowest BCUT2D eigenvalue weighted by Crippen LogP contribution is -2.49. The second-order valence-electron chi connectivity index (χ2n) is 6.87. The molecule has 1 aliphatic heterocycles. The average Bonchev–Trinajstić information content (AvgIpc) is 3.11. The summed E-state index contributed by atoms with van der Waals surface area (Å²) in [4.78, 5) is 30.1. The zero-order valence-electron chi connectivity index (χ0n) is 17.9. The van der Waals surface area contributed by atoms with Gasteiger partial charge in [-0.05, 0) is 27.7 Å². The van der Waals surface area contributed by atoms with Crippen LogP contribution in [-0.4, -0.2) is 63.1 Å². The number of carbonyl (C=O) groups is 2. The Morgan fingerprint density at radius 1 is 1.32 bits per heavy atom. The van der Waals surface area contributed by atoms with E-state index >= 15 is 0 Å². The molecule has 1 saturated heterocycles. The third-order valence-corrected chi connectivity index (χ3v) is 5.61. The van der Waals surface area contributed by atoms with E-state index in [2.05, 4.69) is 16.8 Å². The number of urea groups is 2. The van der Waals surface area contributed by atoms with E-state index < -0.39 is 28.4 Å². The van der Waals surface area contributed by atoms with Crippen LogP contribution in [0.15, 0.2) is 15.9 Å². The Morgan fingerprint density at radius 3 is 2.55 bits per heavy atom. The summed E-state index contributed by atoms with van der Waals surface area (Å²) >= 11 is 0. The van der Waals surface area contributed by atoms with Gasteiger partial charge in [0.05, 0.1) is 11.7 Å². The van der Waals surface area contributed by atoms with E-state index in [-0.39, 0.29) is 47.1 Å². The highest BCUT2D eigenvalue weighted by atomic mass is 32.2. The van der Waals surface area contributed by atoms with Gasteiger partial charge in [-0.15, -0.1) is 0 Å². The highest BCUT2D eigenvalue weighted by Crippen LogP contribution is 2.32. The number of imide groups is 1. The minimum absolute atomic E-state index is 0.00599. The molecule has 2 rings (SSSR count). The number of nitrogens with zero attached hydrogens (tertiary/aromatic N) is 2. The number of carbonyl (C=O) groups excluding carboxylic acids is 2. The van der Waals surface area contributed by atoms with Gasteiger partial charge < -0.3 is 18.7 Å². The minimum atomic E-state index is -4.48. The van der Waals surface area contributed by atoms with E-state index in [9.17, 15) is 18.0 Å². The maximum Gasteiger partial charge on any atom is 0.354 e. The molecule has 0 saturated carbocycles. The second kappa shape index (κ2) is 9.65. The van der Waals surface area contributed by atoms with Crippen molar-refractivity contribution >= 4 is 27.8 Å². The van der Waals surface area contributed by atoms with E-state index in [0.717, 1.165) is 4.90 Å². The Bertz CT molecular complexity index is 958. The smallest absolute Gasteiger partial charge is 0.354 e. The van der Waals surface area contributed by atoms with Crippen LogP contribution in [0.2, 0.25) is 0 Å². The zero-order valence-corrected chi connectivity index (χ0v) is 18.7. The minimum Gasteiger partial charge on any atom is -0.491 e. The van der Waals surface area contributed by atoms with Crippen molar-refractivity contribution in [3.8, 4) is 0 Å². The van der Waals surface area contributed by atoms with Crippen LogP contribution < -0.4 is 16.0 Å². The van der Waals surface area contributed by atoms with E-state index in [4.69, 9.17) is 19.8 Å². The molecule has 4 N–H and O–H groups in total. The van der Waals surface area contributed by atoms with Crippen LogP contribution in [0.5, 0.6) is 0 Å². The number of nitrogens with two attached hydrogens (primary N) is 1. The molecule has 1 aliphatic rings. The Kier molecular flexibility index (Phi) is 7.67. The van der Waals surface area contributed by atoms with E-state index in [1.54, 1.807) is 13.8 Å². The molecule has 0 aliphatic carbocycles. The molecule has 13 nitrogen and oxygen atoms in total. The van der Waals surface area contributed by atoms with Gasteiger partial charge in [0, 0.05) is 7.05 Å². The largest absolute Gasteiger partial charge is 0.491 e. The lowest BCUT2D eigenvalue weighted by atomic mass is 10.2. The maximum absolute atomic E-state index is 13.0. The van der Waals surface area contributed by atoms with Gasteiger partial charge >= 0.3 is 12.1 Å². The molecule has 4 amide bonds. The van der Waals surface area contributed by atoms with Crippen molar-refractivity contribution in [2.45, 2.75) is 45.0 Å². The number of aryl methyl sites for hydroxylation is 2. The van der Waals surface area contributed by atoms with Crippen LogP contribution >= 0.6 is 0 Å². The predicted octanol–water partition coefficient (Wildman–Crippen LogP) is 0.753. The van der Waals surface area contributed by atoms with Gasteiger partial charge in [0.2, 0.25) is 6.35 Å². The highest BCUT2D eigenvalue weighted by molar-refractivity contribution is 7.90. The number of sulfonamides is 1. The number of furan rings is 1. The molecule has 31 heavy (non-hydrogen) atoms. The molecule has 1 atom stereocenters. The summed E-state index contributed by atoms with van der Waals surface area (Å²) in [5, 5.41) is 0.510. The van der Waals surface area contributed by atoms with E-state index in [1.165, 1.54) is 20.9 Å². The summed E-state index contributed by atoms with van der Waals surface area (Å²) in [6, 6.07) is -2.02. The molecule has 14 heteroatoms. The van der Waals surface area contributed by atoms with Gasteiger partial charge in [0.25, 0.3) is 10.0 Å². The van der Waals surface area contributed by atoms with Crippen LogP contribution in [0, 0.1) is 13.8 Å². The summed E-state index contributed by atoms with van der Waals surface area (Å²) in [6.07, 6.45) is -1.19. The first-order chi connectivity index (χ1) is 14.4. The normalized spacial score (nSPS) is 16.9. The van der Waals surface area contributed by atoms with Crippen LogP contribution in [-0.2, 0) is 24.3 Å². The molecule has 0 aromatic carbocycles. The molecule has 0 radical (unpaired) electrons. The van der Waals surface area contributed by atoms with Gasteiger partial charge in [0.1, 0.15) is 35.4 Å².